The van der Waals surface area contributed by atoms with Crippen LogP contribution in [0.4, 0.5) is 11.4 Å². The number of halogens is 1. The minimum absolute atomic E-state index is 0.108. The van der Waals surface area contributed by atoms with Gasteiger partial charge >= 0.3 is 5.97 Å². The Morgan fingerprint density at radius 3 is 2.75 bits per heavy atom. The number of likely N-dealkylation sites (N-methyl/N-ethyl adjacent to an activating group) is 1. The Balaban J connectivity index is 3.19. The SMILES string of the molecule is CN(CC(=O)O)c1c(Cl)cccc1[N+](=O)[O-]. The van der Waals surface area contributed by atoms with E-state index in [2.05, 4.69) is 0 Å². The number of carboxylic acid groups (broad SMARTS) is 1. The van der Waals surface area contributed by atoms with E-state index in [1.165, 1.54) is 30.1 Å². The number of nitrogens with zero attached hydrogens (tertiary/aromatic N) is 2. The number of benzene rings is 1. The first-order valence-corrected chi connectivity index (χ1v) is 4.67. The lowest BCUT2D eigenvalue weighted by atomic mass is 10.2. The molecule has 0 radical (unpaired) electrons. The van der Waals surface area contributed by atoms with Crippen molar-refractivity contribution in [2.45, 2.75) is 0 Å². The van der Waals surface area contributed by atoms with Crippen molar-refractivity contribution in [1.82, 2.24) is 0 Å². The molecule has 1 N–H and O–H groups in total. The van der Waals surface area contributed by atoms with Gasteiger partial charge in [0.25, 0.3) is 5.69 Å². The van der Waals surface area contributed by atoms with Crippen LogP contribution in [0.3, 0.4) is 0 Å². The van der Waals surface area contributed by atoms with Crippen molar-refractivity contribution in [3.8, 4) is 0 Å². The topological polar surface area (TPSA) is 83.7 Å². The Labute approximate surface area is 96.2 Å². The second-order valence-electron chi connectivity index (χ2n) is 3.11. The maximum atomic E-state index is 10.7. The molecule has 0 aliphatic carbocycles. The molecule has 86 valence electrons. The molecule has 0 saturated heterocycles. The van der Waals surface area contributed by atoms with Gasteiger partial charge in [0, 0.05) is 13.1 Å². The zero-order valence-corrected chi connectivity index (χ0v) is 9.14. The molecule has 0 atom stereocenters. The fraction of sp³-hybridized carbons (Fsp3) is 0.222. The summed E-state index contributed by atoms with van der Waals surface area (Å²) in [4.78, 5) is 21.9. The van der Waals surface area contributed by atoms with Gasteiger partial charge in [0.15, 0.2) is 0 Å². The van der Waals surface area contributed by atoms with E-state index in [1.54, 1.807) is 0 Å². The zero-order valence-electron chi connectivity index (χ0n) is 8.38. The van der Waals surface area contributed by atoms with Crippen LogP contribution in [0.5, 0.6) is 0 Å². The molecule has 0 amide bonds. The number of carboxylic acids is 1. The molecule has 16 heavy (non-hydrogen) atoms. The summed E-state index contributed by atoms with van der Waals surface area (Å²) in [5.41, 5.74) is -0.104. The van der Waals surface area contributed by atoms with Crippen molar-refractivity contribution < 1.29 is 14.8 Å². The number of aliphatic carboxylic acids is 1. The van der Waals surface area contributed by atoms with Gasteiger partial charge in [0.1, 0.15) is 12.2 Å². The summed E-state index contributed by atoms with van der Waals surface area (Å²) < 4.78 is 0. The Kier molecular flexibility index (Phi) is 3.68. The van der Waals surface area contributed by atoms with Crippen molar-refractivity contribution in [3.63, 3.8) is 0 Å². The van der Waals surface area contributed by atoms with E-state index in [1.807, 2.05) is 0 Å². The van der Waals surface area contributed by atoms with E-state index in [0.717, 1.165) is 0 Å². The van der Waals surface area contributed by atoms with Crippen LogP contribution in [0.25, 0.3) is 0 Å². The van der Waals surface area contributed by atoms with Gasteiger partial charge in [0.05, 0.1) is 9.95 Å². The maximum Gasteiger partial charge on any atom is 0.323 e. The number of rotatable bonds is 4. The molecule has 0 spiro atoms. The monoisotopic (exact) mass is 244 g/mol. The highest BCUT2D eigenvalue weighted by Gasteiger charge is 2.21. The molecule has 0 bridgehead atoms. The Morgan fingerprint density at radius 1 is 1.62 bits per heavy atom. The predicted molar refractivity (Wildman–Crippen MR) is 59.0 cm³/mol. The molecule has 0 heterocycles. The van der Waals surface area contributed by atoms with Crippen LogP contribution < -0.4 is 4.90 Å². The van der Waals surface area contributed by atoms with Crippen LogP contribution in [0, 0.1) is 10.1 Å². The van der Waals surface area contributed by atoms with Crippen molar-refractivity contribution in [2.24, 2.45) is 0 Å². The van der Waals surface area contributed by atoms with E-state index >= 15 is 0 Å². The second kappa shape index (κ2) is 4.80. The summed E-state index contributed by atoms with van der Waals surface area (Å²) in [6.45, 7) is -0.357. The lowest BCUT2D eigenvalue weighted by Gasteiger charge is -2.17. The average molecular weight is 245 g/mol. The average Bonchev–Trinajstić information content (AvgIpc) is 2.15. The number of nitro groups is 1. The molecule has 1 aromatic rings. The number of anilines is 1. The van der Waals surface area contributed by atoms with Crippen LogP contribution in [0.15, 0.2) is 18.2 Å². The third-order valence-corrected chi connectivity index (χ3v) is 2.22. The molecule has 0 unspecified atom stereocenters. The maximum absolute atomic E-state index is 10.7. The molecular formula is C9H9ClN2O4. The van der Waals surface area contributed by atoms with Crippen LogP contribution >= 0.6 is 11.6 Å². The minimum atomic E-state index is -1.09. The molecule has 0 saturated carbocycles. The van der Waals surface area contributed by atoms with Crippen LogP contribution in [0.2, 0.25) is 5.02 Å². The van der Waals surface area contributed by atoms with E-state index in [4.69, 9.17) is 16.7 Å². The quantitative estimate of drug-likeness (QED) is 0.645. The van der Waals surface area contributed by atoms with Gasteiger partial charge in [-0.25, -0.2) is 0 Å². The summed E-state index contributed by atoms with van der Waals surface area (Å²) in [6, 6.07) is 4.19. The van der Waals surface area contributed by atoms with Crippen molar-refractivity contribution in [1.29, 1.82) is 0 Å². The highest BCUT2D eigenvalue weighted by atomic mass is 35.5. The Hall–Kier alpha value is -1.82. The van der Waals surface area contributed by atoms with Crippen LogP contribution in [-0.2, 0) is 4.79 Å². The molecule has 0 aromatic heterocycles. The predicted octanol–water partition coefficient (Wildman–Crippen LogP) is 1.77. The first-order chi connectivity index (χ1) is 7.43. The fourth-order valence-electron chi connectivity index (χ4n) is 1.31. The number of hydrogen-bond donors (Lipinski definition) is 1. The molecule has 7 heteroatoms. The summed E-state index contributed by atoms with van der Waals surface area (Å²) in [7, 11) is 1.43. The molecule has 0 aliphatic rings. The van der Waals surface area contributed by atoms with E-state index in [-0.39, 0.29) is 22.9 Å². The van der Waals surface area contributed by atoms with Gasteiger partial charge in [0.2, 0.25) is 0 Å². The number of para-hydroxylation sites is 1. The largest absolute Gasteiger partial charge is 0.480 e. The summed E-state index contributed by atoms with van der Waals surface area (Å²) in [5, 5.41) is 19.5. The highest BCUT2D eigenvalue weighted by Crippen LogP contribution is 2.34. The Morgan fingerprint density at radius 2 is 2.25 bits per heavy atom. The lowest BCUT2D eigenvalue weighted by Crippen LogP contribution is -2.26. The first kappa shape index (κ1) is 12.3. The zero-order chi connectivity index (χ0) is 12.3. The second-order valence-corrected chi connectivity index (χ2v) is 3.52. The molecule has 6 nitrogen and oxygen atoms in total. The molecule has 0 fully saturated rings. The van der Waals surface area contributed by atoms with Gasteiger partial charge in [-0.1, -0.05) is 17.7 Å². The number of carbonyl (C=O) groups is 1. The third kappa shape index (κ3) is 2.60. The summed E-state index contributed by atoms with van der Waals surface area (Å²) in [6.07, 6.45) is 0. The van der Waals surface area contributed by atoms with Crippen LogP contribution in [-0.4, -0.2) is 29.6 Å². The smallest absolute Gasteiger partial charge is 0.323 e. The summed E-state index contributed by atoms with van der Waals surface area (Å²) in [5.74, 6) is -1.09. The van der Waals surface area contributed by atoms with Crippen molar-refractivity contribution in [3.05, 3.63) is 33.3 Å². The molecule has 1 rings (SSSR count). The normalized spacial score (nSPS) is 9.88. The van der Waals surface area contributed by atoms with E-state index in [9.17, 15) is 14.9 Å². The molecule has 1 aromatic carbocycles. The fourth-order valence-corrected chi connectivity index (χ4v) is 1.62. The number of nitro benzene ring substituents is 1. The Bertz CT molecular complexity index is 436. The van der Waals surface area contributed by atoms with E-state index in [0.29, 0.717) is 0 Å². The molecule has 0 aliphatic heterocycles. The van der Waals surface area contributed by atoms with Gasteiger partial charge in [-0.15, -0.1) is 0 Å². The standard InChI is InChI=1S/C9H9ClN2O4/c1-11(5-8(13)14)9-6(10)3-2-4-7(9)12(15)16/h2-4H,5H2,1H3,(H,13,14). The first-order valence-electron chi connectivity index (χ1n) is 4.29. The van der Waals surface area contributed by atoms with Crippen molar-refractivity contribution in [2.75, 3.05) is 18.5 Å². The third-order valence-electron chi connectivity index (χ3n) is 1.92. The van der Waals surface area contributed by atoms with Crippen molar-refractivity contribution >= 4 is 28.9 Å². The lowest BCUT2D eigenvalue weighted by molar-refractivity contribution is -0.384. The number of hydrogen-bond acceptors (Lipinski definition) is 4. The summed E-state index contributed by atoms with van der Waals surface area (Å²) >= 11 is 5.81. The molecular weight excluding hydrogens is 236 g/mol. The highest BCUT2D eigenvalue weighted by molar-refractivity contribution is 6.33. The van der Waals surface area contributed by atoms with Gasteiger partial charge in [-0.3, -0.25) is 14.9 Å². The van der Waals surface area contributed by atoms with Gasteiger partial charge in [-0.05, 0) is 6.07 Å². The van der Waals surface area contributed by atoms with Crippen LogP contribution in [0.1, 0.15) is 0 Å². The minimum Gasteiger partial charge on any atom is -0.480 e. The van der Waals surface area contributed by atoms with E-state index < -0.39 is 10.9 Å². The van der Waals surface area contributed by atoms with Gasteiger partial charge < -0.3 is 10.0 Å². The van der Waals surface area contributed by atoms with Gasteiger partial charge in [-0.2, -0.15) is 0 Å².